The molecule has 1 aromatic heterocycles. The number of anilines is 1. The summed E-state index contributed by atoms with van der Waals surface area (Å²) >= 11 is 0. The maximum absolute atomic E-state index is 12.7. The molecule has 254 valence electrons. The first kappa shape index (κ1) is 37.8. The zero-order valence-electron chi connectivity index (χ0n) is 24.8. The SMILES string of the molecule is Cc1nc(N)ccc1CNC(=O)[C@H](C)NC(=O)[C@H]1C[C@H](Cc2cccc(C3CC3)c2)CN1.O=C(O)C(F)(F)F.O=C(O)C(F)(F)F. The lowest BCUT2D eigenvalue weighted by atomic mass is 9.95. The van der Waals surface area contributed by atoms with E-state index in [-0.39, 0.29) is 17.9 Å². The van der Waals surface area contributed by atoms with E-state index in [1.54, 1.807) is 13.0 Å². The normalized spacial score (nSPS) is 18.2. The highest BCUT2D eigenvalue weighted by molar-refractivity contribution is 5.89. The van der Waals surface area contributed by atoms with Gasteiger partial charge in [0.05, 0.1) is 6.04 Å². The van der Waals surface area contributed by atoms with E-state index >= 15 is 0 Å². The number of rotatable bonds is 8. The van der Waals surface area contributed by atoms with Crippen LogP contribution in [0.25, 0.3) is 0 Å². The zero-order chi connectivity index (χ0) is 34.8. The van der Waals surface area contributed by atoms with Crippen LogP contribution in [0.5, 0.6) is 0 Å². The number of nitrogens with two attached hydrogens (primary N) is 1. The molecule has 0 bridgehead atoms. The van der Waals surface area contributed by atoms with Crippen molar-refractivity contribution in [2.75, 3.05) is 12.3 Å². The molecule has 2 amide bonds. The molecule has 2 aromatic rings. The van der Waals surface area contributed by atoms with Crippen LogP contribution >= 0.6 is 0 Å². The highest BCUT2D eigenvalue weighted by Gasteiger charge is 2.39. The average Bonchev–Trinajstić information content (AvgIpc) is 3.70. The van der Waals surface area contributed by atoms with E-state index in [0.717, 1.165) is 36.6 Å². The van der Waals surface area contributed by atoms with Gasteiger partial charge in [-0.05, 0) is 80.7 Å². The molecule has 11 nitrogen and oxygen atoms in total. The number of nitrogen functional groups attached to an aromatic ring is 1. The molecule has 0 spiro atoms. The summed E-state index contributed by atoms with van der Waals surface area (Å²) in [6, 6.07) is 11.6. The number of carbonyl (C=O) groups excluding carboxylic acids is 2. The molecule has 2 fully saturated rings. The monoisotopic (exact) mass is 663 g/mol. The van der Waals surface area contributed by atoms with Crippen LogP contribution in [0.1, 0.15) is 54.5 Å². The summed E-state index contributed by atoms with van der Waals surface area (Å²) in [6.07, 6.45) is -5.80. The highest BCUT2D eigenvalue weighted by Crippen LogP contribution is 2.40. The number of carboxylic acids is 2. The Balaban J connectivity index is 0.000000440. The summed E-state index contributed by atoms with van der Waals surface area (Å²) in [5.74, 6) is -4.22. The standard InChI is InChI=1S/C25H33N5O2.2C2HF3O2/c1-15-21(8-9-23(26)29-15)14-28-24(31)16(2)30-25(32)22-12-18(13-27-22)10-17-4-3-5-20(11-17)19-6-7-19;2*3-2(4,5)1(6)7/h3-5,8-9,11,16,18-19,22,27H,6-7,10,12-14H2,1-2H3,(H2,26,29)(H,28,31)(H,30,32);2*(H,6,7)/t16-,18-,22+;;/m0../s1. The zero-order valence-corrected chi connectivity index (χ0v) is 24.8. The van der Waals surface area contributed by atoms with Crippen LogP contribution < -0.4 is 21.7 Å². The first-order valence-corrected chi connectivity index (χ1v) is 14.0. The van der Waals surface area contributed by atoms with Crippen LogP contribution in [-0.2, 0) is 32.1 Å². The van der Waals surface area contributed by atoms with Gasteiger partial charge in [-0.3, -0.25) is 9.59 Å². The number of aryl methyl sites for hydroxylation is 1. The van der Waals surface area contributed by atoms with Crippen molar-refractivity contribution < 1.29 is 55.7 Å². The minimum absolute atomic E-state index is 0.118. The van der Waals surface area contributed by atoms with E-state index in [4.69, 9.17) is 25.5 Å². The third-order valence-electron chi connectivity index (χ3n) is 6.97. The van der Waals surface area contributed by atoms with Crippen molar-refractivity contribution in [1.82, 2.24) is 20.9 Å². The quantitative estimate of drug-likeness (QED) is 0.230. The summed E-state index contributed by atoms with van der Waals surface area (Å²) in [4.78, 5) is 47.1. The van der Waals surface area contributed by atoms with Gasteiger partial charge in [-0.15, -0.1) is 0 Å². The number of hydrogen-bond acceptors (Lipinski definition) is 7. The van der Waals surface area contributed by atoms with Crippen LogP contribution in [-0.4, -0.2) is 69.9 Å². The lowest BCUT2D eigenvalue weighted by molar-refractivity contribution is -0.193. The number of nitrogens with zero attached hydrogens (tertiary/aromatic N) is 1. The minimum atomic E-state index is -5.08. The number of aromatic nitrogens is 1. The van der Waals surface area contributed by atoms with Gasteiger partial charge in [0.25, 0.3) is 0 Å². The molecule has 1 saturated carbocycles. The van der Waals surface area contributed by atoms with Crippen LogP contribution in [0.15, 0.2) is 36.4 Å². The Bertz CT molecular complexity index is 1360. The lowest BCUT2D eigenvalue weighted by Crippen LogP contribution is -2.50. The number of aliphatic carboxylic acids is 2. The Morgan fingerprint density at radius 3 is 2.13 bits per heavy atom. The fraction of sp³-hybridized carbons (Fsp3) is 0.483. The van der Waals surface area contributed by atoms with Crippen molar-refractivity contribution in [3.63, 3.8) is 0 Å². The number of alkyl halides is 6. The molecule has 1 saturated heterocycles. The Morgan fingerprint density at radius 2 is 1.61 bits per heavy atom. The molecule has 7 N–H and O–H groups in total. The summed E-state index contributed by atoms with van der Waals surface area (Å²) in [5, 5.41) is 23.3. The Kier molecular flexibility index (Phi) is 13.3. The molecule has 4 rings (SSSR count). The van der Waals surface area contributed by atoms with Crippen LogP contribution in [0.2, 0.25) is 0 Å². The highest BCUT2D eigenvalue weighted by atomic mass is 19.4. The van der Waals surface area contributed by atoms with Crippen LogP contribution in [0.4, 0.5) is 32.2 Å². The number of halogens is 6. The van der Waals surface area contributed by atoms with Crippen molar-refractivity contribution >= 4 is 29.6 Å². The van der Waals surface area contributed by atoms with Crippen molar-refractivity contribution in [3.8, 4) is 0 Å². The number of pyridine rings is 1. The van der Waals surface area contributed by atoms with Gasteiger partial charge < -0.3 is 31.9 Å². The van der Waals surface area contributed by atoms with Gasteiger partial charge in [-0.25, -0.2) is 14.6 Å². The fourth-order valence-corrected chi connectivity index (χ4v) is 4.40. The van der Waals surface area contributed by atoms with Gasteiger partial charge in [0.15, 0.2) is 0 Å². The molecule has 3 atom stereocenters. The van der Waals surface area contributed by atoms with E-state index in [1.807, 2.05) is 13.0 Å². The van der Waals surface area contributed by atoms with E-state index in [1.165, 1.54) is 24.0 Å². The number of amides is 2. The topological polar surface area (TPSA) is 184 Å². The van der Waals surface area contributed by atoms with Gasteiger partial charge in [0.2, 0.25) is 11.8 Å². The second kappa shape index (κ2) is 16.2. The third kappa shape index (κ3) is 12.9. The summed E-state index contributed by atoms with van der Waals surface area (Å²) in [6.45, 7) is 4.72. The molecule has 46 heavy (non-hydrogen) atoms. The molecule has 0 unspecified atom stereocenters. The van der Waals surface area contributed by atoms with E-state index in [0.29, 0.717) is 18.3 Å². The molecule has 1 aromatic carbocycles. The van der Waals surface area contributed by atoms with Crippen LogP contribution in [0.3, 0.4) is 0 Å². The largest absolute Gasteiger partial charge is 0.490 e. The smallest absolute Gasteiger partial charge is 0.475 e. The van der Waals surface area contributed by atoms with E-state index < -0.39 is 30.3 Å². The Hall–Kier alpha value is -4.41. The molecular formula is C29H35F6N5O6. The molecule has 2 heterocycles. The third-order valence-corrected chi connectivity index (χ3v) is 6.97. The minimum Gasteiger partial charge on any atom is -0.475 e. The summed E-state index contributed by atoms with van der Waals surface area (Å²) < 4.78 is 63.5. The van der Waals surface area contributed by atoms with Crippen molar-refractivity contribution in [3.05, 3.63) is 58.8 Å². The number of hydrogen-bond donors (Lipinski definition) is 6. The van der Waals surface area contributed by atoms with Gasteiger partial charge in [-0.1, -0.05) is 30.3 Å². The lowest BCUT2D eigenvalue weighted by Gasteiger charge is -2.17. The fourth-order valence-electron chi connectivity index (χ4n) is 4.40. The molecule has 17 heteroatoms. The number of carbonyl (C=O) groups is 4. The van der Waals surface area contributed by atoms with Gasteiger partial charge in [-0.2, -0.15) is 26.3 Å². The maximum Gasteiger partial charge on any atom is 0.490 e. The van der Waals surface area contributed by atoms with E-state index in [2.05, 4.69) is 45.2 Å². The molecule has 2 aliphatic rings. The predicted molar refractivity (Wildman–Crippen MR) is 152 cm³/mol. The molecule has 1 aliphatic carbocycles. The summed E-state index contributed by atoms with van der Waals surface area (Å²) in [5.41, 5.74) is 10.2. The maximum atomic E-state index is 12.7. The predicted octanol–water partition coefficient (Wildman–Crippen LogP) is 3.46. The first-order valence-electron chi connectivity index (χ1n) is 14.0. The molecule has 0 radical (unpaired) electrons. The second-order valence-electron chi connectivity index (χ2n) is 10.8. The van der Waals surface area contributed by atoms with Gasteiger partial charge >= 0.3 is 24.3 Å². The van der Waals surface area contributed by atoms with Gasteiger partial charge in [0.1, 0.15) is 11.9 Å². The van der Waals surface area contributed by atoms with Crippen molar-refractivity contribution in [2.24, 2.45) is 5.92 Å². The second-order valence-corrected chi connectivity index (χ2v) is 10.8. The molecule has 1 aliphatic heterocycles. The number of carboxylic acid groups (broad SMARTS) is 2. The Morgan fingerprint density at radius 1 is 1.02 bits per heavy atom. The van der Waals surface area contributed by atoms with Crippen LogP contribution in [0, 0.1) is 12.8 Å². The Labute approximate surface area is 259 Å². The number of benzene rings is 1. The van der Waals surface area contributed by atoms with Gasteiger partial charge in [0, 0.05) is 12.2 Å². The van der Waals surface area contributed by atoms with Crippen molar-refractivity contribution in [2.45, 2.75) is 76.4 Å². The molecular weight excluding hydrogens is 628 g/mol. The average molecular weight is 664 g/mol. The first-order chi connectivity index (χ1) is 21.3. The summed E-state index contributed by atoms with van der Waals surface area (Å²) in [7, 11) is 0. The number of nitrogens with one attached hydrogen (secondary N) is 3. The van der Waals surface area contributed by atoms with Crippen molar-refractivity contribution in [1.29, 1.82) is 0 Å². The van der Waals surface area contributed by atoms with E-state index in [9.17, 15) is 35.9 Å².